The first kappa shape index (κ1) is 14.6. The highest BCUT2D eigenvalue weighted by molar-refractivity contribution is 9.10. The van der Waals surface area contributed by atoms with E-state index in [1.54, 1.807) is 24.3 Å². The topological polar surface area (TPSA) is 70.0 Å². The molecule has 102 valence electrons. The Hall–Kier alpha value is -1.84. The van der Waals surface area contributed by atoms with Crippen LogP contribution in [0.4, 0.5) is 5.69 Å². The first-order chi connectivity index (χ1) is 9.45. The number of halogens is 1. The van der Waals surface area contributed by atoms with Crippen LogP contribution in [0, 0.1) is 18.3 Å². The maximum Gasteiger partial charge on any atom is 0.263 e. The van der Waals surface area contributed by atoms with Crippen LogP contribution in [-0.2, 0) is 10.0 Å². The van der Waals surface area contributed by atoms with E-state index in [1.165, 1.54) is 12.1 Å². The van der Waals surface area contributed by atoms with E-state index < -0.39 is 10.0 Å². The number of rotatable bonds is 3. The minimum absolute atomic E-state index is 0.0316. The molecule has 4 nitrogen and oxygen atoms in total. The number of nitrogens with one attached hydrogen (secondary N) is 1. The van der Waals surface area contributed by atoms with Gasteiger partial charge in [0.25, 0.3) is 10.0 Å². The van der Waals surface area contributed by atoms with Gasteiger partial charge in [0, 0.05) is 4.47 Å². The summed E-state index contributed by atoms with van der Waals surface area (Å²) in [6.45, 7) is 1.87. The summed E-state index contributed by atoms with van der Waals surface area (Å²) in [5.41, 5.74) is 1.47. The predicted octanol–water partition coefficient (Wildman–Crippen LogP) is 3.43. The number of hydrogen-bond donors (Lipinski definition) is 1. The molecule has 1 N–H and O–H groups in total. The van der Waals surface area contributed by atoms with E-state index in [0.717, 1.165) is 5.56 Å². The van der Waals surface area contributed by atoms with Crippen molar-refractivity contribution in [2.45, 2.75) is 11.8 Å². The summed E-state index contributed by atoms with van der Waals surface area (Å²) in [6.07, 6.45) is 0. The second-order valence-corrected chi connectivity index (χ2v) is 6.59. The van der Waals surface area contributed by atoms with Gasteiger partial charge in [0.1, 0.15) is 11.0 Å². The van der Waals surface area contributed by atoms with Crippen molar-refractivity contribution in [2.24, 2.45) is 0 Å². The quantitative estimate of drug-likeness (QED) is 0.921. The van der Waals surface area contributed by atoms with Crippen molar-refractivity contribution in [3.05, 3.63) is 58.1 Å². The number of nitrogens with zero attached hydrogens (tertiary/aromatic N) is 1. The minimum Gasteiger partial charge on any atom is -0.278 e. The van der Waals surface area contributed by atoms with E-state index >= 15 is 0 Å². The second-order valence-electron chi connectivity index (χ2n) is 4.15. The van der Waals surface area contributed by atoms with Gasteiger partial charge in [0.2, 0.25) is 0 Å². The molecule has 0 heterocycles. The summed E-state index contributed by atoms with van der Waals surface area (Å²) in [4.78, 5) is -0.0316. The van der Waals surface area contributed by atoms with E-state index in [2.05, 4.69) is 20.7 Å². The fraction of sp³-hybridized carbons (Fsp3) is 0.0714. The zero-order valence-corrected chi connectivity index (χ0v) is 13.0. The molecule has 2 rings (SSSR count). The van der Waals surface area contributed by atoms with E-state index in [-0.39, 0.29) is 10.5 Å². The number of hydrogen-bond acceptors (Lipinski definition) is 3. The average Bonchev–Trinajstić information content (AvgIpc) is 2.43. The van der Waals surface area contributed by atoms with Gasteiger partial charge in [-0.25, -0.2) is 8.42 Å². The molecular weight excluding hydrogens is 340 g/mol. The molecule has 0 fully saturated rings. The average molecular weight is 351 g/mol. The van der Waals surface area contributed by atoms with Gasteiger partial charge in [-0.1, -0.05) is 24.3 Å². The Kier molecular flexibility index (Phi) is 4.12. The third-order valence-electron chi connectivity index (χ3n) is 2.73. The molecule has 0 aliphatic heterocycles. The molecule has 0 aliphatic carbocycles. The highest BCUT2D eigenvalue weighted by Crippen LogP contribution is 2.28. The van der Waals surface area contributed by atoms with Crippen LogP contribution >= 0.6 is 15.9 Å². The molecule has 6 heteroatoms. The first-order valence-electron chi connectivity index (χ1n) is 5.73. The van der Waals surface area contributed by atoms with Crippen molar-refractivity contribution in [1.29, 1.82) is 5.26 Å². The lowest BCUT2D eigenvalue weighted by molar-refractivity contribution is 0.601. The van der Waals surface area contributed by atoms with Gasteiger partial charge in [-0.3, -0.25) is 4.72 Å². The highest BCUT2D eigenvalue weighted by atomic mass is 79.9. The molecule has 0 radical (unpaired) electrons. The van der Waals surface area contributed by atoms with Crippen LogP contribution in [0.15, 0.2) is 51.8 Å². The largest absolute Gasteiger partial charge is 0.278 e. The molecule has 0 aliphatic rings. The van der Waals surface area contributed by atoms with Crippen molar-refractivity contribution in [1.82, 2.24) is 0 Å². The maximum atomic E-state index is 12.4. The van der Waals surface area contributed by atoms with Crippen molar-refractivity contribution in [3.63, 3.8) is 0 Å². The van der Waals surface area contributed by atoms with Crippen molar-refractivity contribution >= 4 is 31.6 Å². The standard InChI is InChI=1S/C14H11BrN2O2S/c1-10-5-4-7-12(14(10)15)17-20(18,19)13-8-3-2-6-11(13)9-16/h2-8,17H,1H3. The molecule has 0 unspecified atom stereocenters. The molecule has 0 saturated carbocycles. The summed E-state index contributed by atoms with van der Waals surface area (Å²) in [6, 6.07) is 13.3. The third kappa shape index (κ3) is 2.84. The molecule has 2 aromatic rings. The van der Waals surface area contributed by atoms with Crippen LogP contribution in [0.5, 0.6) is 0 Å². The zero-order chi connectivity index (χ0) is 14.8. The Morgan fingerprint density at radius 2 is 1.85 bits per heavy atom. The molecular formula is C14H11BrN2O2S. The third-order valence-corrected chi connectivity index (χ3v) is 5.21. The minimum atomic E-state index is -3.80. The molecule has 0 spiro atoms. The first-order valence-corrected chi connectivity index (χ1v) is 8.00. The van der Waals surface area contributed by atoms with Gasteiger partial charge in [-0.2, -0.15) is 5.26 Å². The molecule has 0 amide bonds. The molecule has 2 aromatic carbocycles. The summed E-state index contributed by atoms with van der Waals surface area (Å²) in [5, 5.41) is 9.00. The molecule has 0 aromatic heterocycles. The highest BCUT2D eigenvalue weighted by Gasteiger charge is 2.19. The van der Waals surface area contributed by atoms with Crippen LogP contribution in [0.1, 0.15) is 11.1 Å². The summed E-state index contributed by atoms with van der Waals surface area (Å²) in [7, 11) is -3.80. The Balaban J connectivity index is 2.47. The Morgan fingerprint density at radius 3 is 2.55 bits per heavy atom. The van der Waals surface area contributed by atoms with E-state index in [0.29, 0.717) is 10.2 Å². The molecule has 0 saturated heterocycles. The van der Waals surface area contributed by atoms with Gasteiger partial charge in [0.05, 0.1) is 11.3 Å². The monoisotopic (exact) mass is 350 g/mol. The van der Waals surface area contributed by atoms with Crippen LogP contribution < -0.4 is 4.72 Å². The van der Waals surface area contributed by atoms with Crippen molar-refractivity contribution in [3.8, 4) is 6.07 Å². The van der Waals surface area contributed by atoms with Gasteiger partial charge < -0.3 is 0 Å². The summed E-state index contributed by atoms with van der Waals surface area (Å²) < 4.78 is 27.9. The van der Waals surface area contributed by atoms with Crippen LogP contribution in [0.25, 0.3) is 0 Å². The Bertz CT molecular complexity index is 795. The van der Waals surface area contributed by atoms with Crippen LogP contribution in [0.2, 0.25) is 0 Å². The molecule has 20 heavy (non-hydrogen) atoms. The second kappa shape index (κ2) is 5.65. The van der Waals surface area contributed by atoms with Gasteiger partial charge in [-0.05, 0) is 46.6 Å². The number of anilines is 1. The number of benzene rings is 2. The zero-order valence-electron chi connectivity index (χ0n) is 10.6. The number of aryl methyl sites for hydroxylation is 1. The SMILES string of the molecule is Cc1cccc(NS(=O)(=O)c2ccccc2C#N)c1Br. The fourth-order valence-electron chi connectivity index (χ4n) is 1.72. The van der Waals surface area contributed by atoms with E-state index in [9.17, 15) is 8.42 Å². The molecule has 0 atom stereocenters. The van der Waals surface area contributed by atoms with Crippen molar-refractivity contribution < 1.29 is 8.42 Å². The normalized spacial score (nSPS) is 10.8. The maximum absolute atomic E-state index is 12.4. The van der Waals surface area contributed by atoms with E-state index in [1.807, 2.05) is 19.1 Å². The van der Waals surface area contributed by atoms with Crippen molar-refractivity contribution in [2.75, 3.05) is 4.72 Å². The smallest absolute Gasteiger partial charge is 0.263 e. The van der Waals surface area contributed by atoms with Crippen LogP contribution in [-0.4, -0.2) is 8.42 Å². The lowest BCUT2D eigenvalue weighted by Gasteiger charge is -2.11. The predicted molar refractivity (Wildman–Crippen MR) is 80.8 cm³/mol. The van der Waals surface area contributed by atoms with E-state index in [4.69, 9.17) is 5.26 Å². The fourth-order valence-corrected chi connectivity index (χ4v) is 3.44. The lowest BCUT2D eigenvalue weighted by Crippen LogP contribution is -2.14. The molecule has 0 bridgehead atoms. The Labute approximate surface area is 126 Å². The summed E-state index contributed by atoms with van der Waals surface area (Å²) >= 11 is 3.35. The number of sulfonamides is 1. The van der Waals surface area contributed by atoms with Gasteiger partial charge in [0.15, 0.2) is 0 Å². The number of nitriles is 1. The van der Waals surface area contributed by atoms with Gasteiger partial charge in [-0.15, -0.1) is 0 Å². The summed E-state index contributed by atoms with van der Waals surface area (Å²) in [5.74, 6) is 0. The van der Waals surface area contributed by atoms with Gasteiger partial charge >= 0.3 is 0 Å². The Morgan fingerprint density at radius 1 is 1.15 bits per heavy atom. The lowest BCUT2D eigenvalue weighted by atomic mass is 10.2. The van der Waals surface area contributed by atoms with Crippen LogP contribution in [0.3, 0.4) is 0 Å².